The molecule has 0 bridgehead atoms. The summed E-state index contributed by atoms with van der Waals surface area (Å²) in [7, 11) is 0. The first-order chi connectivity index (χ1) is 23.6. The van der Waals surface area contributed by atoms with Gasteiger partial charge in [0.1, 0.15) is 0 Å². The number of hydrogen-bond acceptors (Lipinski definition) is 1. The Bertz CT molecular complexity index is 2150. The smallest absolute Gasteiger partial charge is 0.0540 e. The highest BCUT2D eigenvalue weighted by Crippen LogP contribution is 2.54. The van der Waals surface area contributed by atoms with Gasteiger partial charge in [0.25, 0.3) is 0 Å². The fraction of sp³-hybridized carbons (Fsp3) is 0.106. The summed E-state index contributed by atoms with van der Waals surface area (Å²) in [6.07, 6.45) is 0. The summed E-state index contributed by atoms with van der Waals surface area (Å²) in [4.78, 5) is 2.43. The number of aryl methyl sites for hydroxylation is 1. The lowest BCUT2D eigenvalue weighted by Gasteiger charge is -2.31. The lowest BCUT2D eigenvalue weighted by atomic mass is 9.74. The number of anilines is 3. The van der Waals surface area contributed by atoms with Gasteiger partial charge in [0.2, 0.25) is 0 Å². The molecular formula is C47H41N. The topological polar surface area (TPSA) is 3.24 Å². The van der Waals surface area contributed by atoms with Crippen LogP contribution in [-0.4, -0.2) is 0 Å². The average molecular weight is 620 g/mol. The molecule has 0 radical (unpaired) electrons. The van der Waals surface area contributed by atoms with Crippen molar-refractivity contribution in [1.82, 2.24) is 0 Å². The molecule has 1 atom stereocenters. The van der Waals surface area contributed by atoms with Crippen LogP contribution in [0.3, 0.4) is 0 Å². The number of benzene rings is 7. The minimum Gasteiger partial charge on any atom is -0.310 e. The molecule has 7 aromatic carbocycles. The van der Waals surface area contributed by atoms with Crippen molar-refractivity contribution in [3.8, 4) is 33.4 Å². The fourth-order valence-corrected chi connectivity index (χ4v) is 7.21. The molecule has 0 aromatic heterocycles. The summed E-state index contributed by atoms with van der Waals surface area (Å²) in [5, 5.41) is 0. The van der Waals surface area contributed by atoms with E-state index in [-0.39, 0.29) is 5.41 Å². The Morgan fingerprint density at radius 3 is 1.62 bits per heavy atom. The lowest BCUT2D eigenvalue weighted by Crippen LogP contribution is -2.23. The standard InChI is InChI=1S/C45H35N.C2H6/c1-32-21-25-36(26-22-32)45(2)42-19-11-9-18-40(42)41-30-29-38(31-43(41)45)46(37-27-23-34(24-28-37)33-13-5-3-6-14-33)44-20-12-10-17-39(44)35-15-7-4-8-16-35;1-2/h3-31H,1-2H3;1-2H3. The van der Waals surface area contributed by atoms with E-state index in [0.29, 0.717) is 0 Å². The molecule has 0 aliphatic heterocycles. The van der Waals surface area contributed by atoms with Gasteiger partial charge in [-0.15, -0.1) is 0 Å². The second kappa shape index (κ2) is 13.2. The zero-order valence-electron chi connectivity index (χ0n) is 28.2. The molecule has 1 unspecified atom stereocenters. The third-order valence-electron chi connectivity index (χ3n) is 9.65. The van der Waals surface area contributed by atoms with Gasteiger partial charge in [-0.2, -0.15) is 0 Å². The normalized spacial score (nSPS) is 14.3. The number of hydrogen-bond donors (Lipinski definition) is 0. The highest BCUT2D eigenvalue weighted by molar-refractivity contribution is 5.91. The zero-order valence-corrected chi connectivity index (χ0v) is 28.2. The summed E-state index contributed by atoms with van der Waals surface area (Å²) in [5.41, 5.74) is 15.8. The van der Waals surface area contributed by atoms with Gasteiger partial charge >= 0.3 is 0 Å². The zero-order chi connectivity index (χ0) is 33.1. The van der Waals surface area contributed by atoms with E-state index >= 15 is 0 Å². The number of fused-ring (bicyclic) bond motifs is 3. The maximum absolute atomic E-state index is 2.43. The quantitative estimate of drug-likeness (QED) is 0.179. The third-order valence-corrected chi connectivity index (χ3v) is 9.65. The van der Waals surface area contributed by atoms with E-state index in [1.54, 1.807) is 0 Å². The van der Waals surface area contributed by atoms with Crippen molar-refractivity contribution in [2.24, 2.45) is 0 Å². The van der Waals surface area contributed by atoms with Crippen LogP contribution in [-0.2, 0) is 5.41 Å². The van der Waals surface area contributed by atoms with Crippen molar-refractivity contribution in [3.05, 3.63) is 198 Å². The van der Waals surface area contributed by atoms with Crippen molar-refractivity contribution in [2.45, 2.75) is 33.1 Å². The molecule has 0 amide bonds. The maximum atomic E-state index is 2.43. The number of para-hydroxylation sites is 1. The predicted molar refractivity (Wildman–Crippen MR) is 206 cm³/mol. The molecule has 1 heteroatoms. The van der Waals surface area contributed by atoms with Crippen LogP contribution in [0.4, 0.5) is 17.1 Å². The Labute approximate surface area is 285 Å². The van der Waals surface area contributed by atoms with E-state index in [0.717, 1.165) is 17.1 Å². The molecule has 8 rings (SSSR count). The van der Waals surface area contributed by atoms with Crippen molar-refractivity contribution >= 4 is 17.1 Å². The average Bonchev–Trinajstić information content (AvgIpc) is 3.42. The van der Waals surface area contributed by atoms with Crippen molar-refractivity contribution in [3.63, 3.8) is 0 Å². The molecular weight excluding hydrogens is 579 g/mol. The van der Waals surface area contributed by atoms with Crippen molar-refractivity contribution in [1.29, 1.82) is 0 Å². The molecule has 234 valence electrons. The monoisotopic (exact) mass is 619 g/mol. The van der Waals surface area contributed by atoms with Crippen LogP contribution in [0.25, 0.3) is 33.4 Å². The van der Waals surface area contributed by atoms with Gasteiger partial charge in [0.05, 0.1) is 5.69 Å². The molecule has 0 spiro atoms. The molecule has 1 aliphatic carbocycles. The molecule has 0 heterocycles. The summed E-state index contributed by atoms with van der Waals surface area (Å²) >= 11 is 0. The van der Waals surface area contributed by atoms with Gasteiger partial charge in [-0.05, 0) is 88.7 Å². The van der Waals surface area contributed by atoms with Crippen LogP contribution in [0, 0.1) is 6.92 Å². The van der Waals surface area contributed by atoms with Crippen molar-refractivity contribution in [2.75, 3.05) is 4.90 Å². The lowest BCUT2D eigenvalue weighted by molar-refractivity contribution is 0.713. The summed E-state index contributed by atoms with van der Waals surface area (Å²) in [6.45, 7) is 8.55. The van der Waals surface area contributed by atoms with Crippen LogP contribution in [0.2, 0.25) is 0 Å². The Hall–Kier alpha value is -5.66. The Morgan fingerprint density at radius 1 is 0.417 bits per heavy atom. The minimum absolute atomic E-state index is 0.280. The first-order valence-electron chi connectivity index (χ1n) is 17.0. The van der Waals surface area contributed by atoms with Gasteiger partial charge in [-0.3, -0.25) is 0 Å². The molecule has 1 nitrogen and oxygen atoms in total. The van der Waals surface area contributed by atoms with E-state index < -0.39 is 0 Å². The van der Waals surface area contributed by atoms with Crippen LogP contribution < -0.4 is 4.90 Å². The number of nitrogens with zero attached hydrogens (tertiary/aromatic N) is 1. The molecule has 0 saturated heterocycles. The second-order valence-corrected chi connectivity index (χ2v) is 12.4. The summed E-state index contributed by atoms with van der Waals surface area (Å²) < 4.78 is 0. The van der Waals surface area contributed by atoms with E-state index in [9.17, 15) is 0 Å². The van der Waals surface area contributed by atoms with Crippen LogP contribution >= 0.6 is 0 Å². The molecule has 1 aliphatic rings. The highest BCUT2D eigenvalue weighted by Gasteiger charge is 2.41. The van der Waals surface area contributed by atoms with E-state index in [1.165, 1.54) is 55.6 Å². The molecule has 48 heavy (non-hydrogen) atoms. The fourth-order valence-electron chi connectivity index (χ4n) is 7.21. The van der Waals surface area contributed by atoms with Crippen LogP contribution in [0.5, 0.6) is 0 Å². The first kappa shape index (κ1) is 31.0. The molecule has 0 fully saturated rings. The second-order valence-electron chi connectivity index (χ2n) is 12.4. The molecule has 7 aromatic rings. The maximum Gasteiger partial charge on any atom is 0.0540 e. The summed E-state index contributed by atoms with van der Waals surface area (Å²) in [6, 6.07) is 64.1. The van der Waals surface area contributed by atoms with Gasteiger partial charge in [-0.1, -0.05) is 165 Å². The van der Waals surface area contributed by atoms with Gasteiger partial charge in [0.15, 0.2) is 0 Å². The SMILES string of the molecule is CC.Cc1ccc(C2(C)c3ccccc3-c3ccc(N(c4ccc(-c5ccccc5)cc4)c4ccccc4-c4ccccc4)cc32)cc1. The van der Waals surface area contributed by atoms with Crippen LogP contribution in [0.15, 0.2) is 176 Å². The Balaban J connectivity index is 0.00000179. The Morgan fingerprint density at radius 2 is 0.938 bits per heavy atom. The van der Waals surface area contributed by atoms with E-state index in [2.05, 4.69) is 195 Å². The highest BCUT2D eigenvalue weighted by atomic mass is 15.1. The molecule has 0 N–H and O–H groups in total. The third kappa shape index (κ3) is 5.42. The predicted octanol–water partition coefficient (Wildman–Crippen LogP) is 13.2. The Kier molecular flexibility index (Phi) is 8.53. The van der Waals surface area contributed by atoms with Gasteiger partial charge in [-0.25, -0.2) is 0 Å². The van der Waals surface area contributed by atoms with Crippen molar-refractivity contribution < 1.29 is 0 Å². The molecule has 0 saturated carbocycles. The first-order valence-corrected chi connectivity index (χ1v) is 17.0. The van der Waals surface area contributed by atoms with E-state index in [4.69, 9.17) is 0 Å². The minimum atomic E-state index is -0.280. The summed E-state index contributed by atoms with van der Waals surface area (Å²) in [5.74, 6) is 0. The van der Waals surface area contributed by atoms with Gasteiger partial charge in [0, 0.05) is 22.4 Å². The van der Waals surface area contributed by atoms with Gasteiger partial charge < -0.3 is 4.90 Å². The number of rotatable bonds is 6. The van der Waals surface area contributed by atoms with E-state index in [1.807, 2.05) is 13.8 Å². The van der Waals surface area contributed by atoms with Crippen LogP contribution in [0.1, 0.15) is 43.0 Å². The largest absolute Gasteiger partial charge is 0.310 e.